The Bertz CT molecular complexity index is 403. The summed E-state index contributed by atoms with van der Waals surface area (Å²) in [4.78, 5) is 0. The van der Waals surface area contributed by atoms with Crippen molar-refractivity contribution in [1.82, 2.24) is 10.6 Å². The highest BCUT2D eigenvalue weighted by Gasteiger charge is 2.47. The quantitative estimate of drug-likeness (QED) is 0.625. The molecular formula is C13H18N2. The van der Waals surface area contributed by atoms with E-state index in [1.807, 2.05) is 0 Å². The number of rotatable bonds is 0. The minimum atomic E-state index is 0.0309. The first-order valence-corrected chi connectivity index (χ1v) is 5.74. The number of nitrogens with one attached hydrogen (secondary N) is 2. The third-order valence-electron chi connectivity index (χ3n) is 3.91. The largest absolute Gasteiger partial charge is 0.295 e. The van der Waals surface area contributed by atoms with E-state index in [9.17, 15) is 0 Å². The second-order valence-corrected chi connectivity index (χ2v) is 5.09. The second-order valence-electron chi connectivity index (χ2n) is 5.09. The molecule has 0 saturated carbocycles. The molecule has 2 aliphatic heterocycles. The van der Waals surface area contributed by atoms with Gasteiger partial charge < -0.3 is 0 Å². The lowest BCUT2D eigenvalue weighted by Crippen LogP contribution is -2.50. The Morgan fingerprint density at radius 3 is 3.07 bits per heavy atom. The van der Waals surface area contributed by atoms with Crippen molar-refractivity contribution in [2.45, 2.75) is 32.5 Å². The van der Waals surface area contributed by atoms with Crippen molar-refractivity contribution in [2.75, 3.05) is 6.54 Å². The van der Waals surface area contributed by atoms with Gasteiger partial charge >= 0.3 is 0 Å². The second kappa shape index (κ2) is 2.83. The maximum Gasteiger partial charge on any atom is 0.0896 e. The van der Waals surface area contributed by atoms with E-state index < -0.39 is 0 Å². The normalized spacial score (nSPS) is 43.0. The van der Waals surface area contributed by atoms with Crippen LogP contribution < -0.4 is 10.6 Å². The van der Waals surface area contributed by atoms with Gasteiger partial charge in [0, 0.05) is 6.54 Å². The lowest BCUT2D eigenvalue weighted by Gasteiger charge is -2.24. The zero-order valence-electron chi connectivity index (χ0n) is 9.59. The van der Waals surface area contributed by atoms with Gasteiger partial charge in [-0.25, -0.2) is 0 Å². The van der Waals surface area contributed by atoms with Crippen LogP contribution in [0.25, 0.3) is 0 Å². The fraction of sp³-hybridized carbons (Fsp3) is 0.538. The lowest BCUT2D eigenvalue weighted by atomic mass is 9.87. The molecule has 2 heteroatoms. The number of hydrogen-bond acceptors (Lipinski definition) is 2. The van der Waals surface area contributed by atoms with E-state index in [0.29, 0.717) is 12.0 Å². The summed E-state index contributed by atoms with van der Waals surface area (Å²) >= 11 is 0. The molecule has 2 nitrogen and oxygen atoms in total. The molecule has 0 aromatic heterocycles. The molecule has 0 radical (unpaired) electrons. The third kappa shape index (κ3) is 1.12. The standard InChI is InChI=1S/C13H18N2/c1-8-5-4-6-10-11(8)12-9(2)7-14-13(12,3)15-10/h4-6,9-10,14-15H,7H2,1-3H3. The van der Waals surface area contributed by atoms with E-state index >= 15 is 0 Å². The van der Waals surface area contributed by atoms with Gasteiger partial charge in [-0.05, 0) is 36.5 Å². The molecule has 3 atom stereocenters. The summed E-state index contributed by atoms with van der Waals surface area (Å²) in [6.45, 7) is 7.89. The zero-order chi connectivity index (χ0) is 10.6. The van der Waals surface area contributed by atoms with Crippen LogP contribution in [0.5, 0.6) is 0 Å². The molecule has 1 aliphatic carbocycles. The summed E-state index contributed by atoms with van der Waals surface area (Å²) in [5.74, 6) is 0.650. The fourth-order valence-electron chi connectivity index (χ4n) is 3.26. The lowest BCUT2D eigenvalue weighted by molar-refractivity contribution is 0.397. The summed E-state index contributed by atoms with van der Waals surface area (Å²) in [7, 11) is 0. The number of fused-ring (bicyclic) bond motifs is 2. The number of hydrogen-bond donors (Lipinski definition) is 2. The smallest absolute Gasteiger partial charge is 0.0896 e. The van der Waals surface area contributed by atoms with Crippen molar-refractivity contribution >= 4 is 0 Å². The highest BCUT2D eigenvalue weighted by Crippen LogP contribution is 2.42. The Morgan fingerprint density at radius 1 is 1.47 bits per heavy atom. The van der Waals surface area contributed by atoms with Gasteiger partial charge in [0.2, 0.25) is 0 Å². The van der Waals surface area contributed by atoms with Gasteiger partial charge in [-0.3, -0.25) is 10.6 Å². The average Bonchev–Trinajstić information content (AvgIpc) is 2.62. The van der Waals surface area contributed by atoms with Gasteiger partial charge in [0.15, 0.2) is 0 Å². The van der Waals surface area contributed by atoms with Crippen LogP contribution in [0.2, 0.25) is 0 Å². The minimum absolute atomic E-state index is 0.0309. The van der Waals surface area contributed by atoms with Gasteiger partial charge in [0.25, 0.3) is 0 Å². The monoisotopic (exact) mass is 202 g/mol. The summed E-state index contributed by atoms with van der Waals surface area (Å²) < 4.78 is 0. The summed E-state index contributed by atoms with van der Waals surface area (Å²) in [6.07, 6.45) is 6.64. The summed E-state index contributed by atoms with van der Waals surface area (Å²) in [5, 5.41) is 7.27. The Morgan fingerprint density at radius 2 is 2.27 bits per heavy atom. The summed E-state index contributed by atoms with van der Waals surface area (Å²) in [6, 6.07) is 0.422. The molecule has 0 aromatic rings. The molecule has 1 fully saturated rings. The predicted molar refractivity (Wildman–Crippen MR) is 62.4 cm³/mol. The first-order valence-electron chi connectivity index (χ1n) is 5.74. The number of allylic oxidation sites excluding steroid dienone is 2. The maximum absolute atomic E-state index is 3.68. The van der Waals surface area contributed by atoms with E-state index in [0.717, 1.165) is 6.54 Å². The Labute approximate surface area is 91.1 Å². The van der Waals surface area contributed by atoms with Crippen LogP contribution in [0.1, 0.15) is 20.8 Å². The van der Waals surface area contributed by atoms with Gasteiger partial charge in [0.1, 0.15) is 0 Å². The van der Waals surface area contributed by atoms with Crippen LogP contribution in [0.3, 0.4) is 0 Å². The molecule has 15 heavy (non-hydrogen) atoms. The summed E-state index contributed by atoms with van der Waals surface area (Å²) in [5.41, 5.74) is 4.55. The third-order valence-corrected chi connectivity index (χ3v) is 3.91. The molecule has 0 spiro atoms. The van der Waals surface area contributed by atoms with Crippen molar-refractivity contribution in [3.05, 3.63) is 34.9 Å². The van der Waals surface area contributed by atoms with Crippen molar-refractivity contribution in [2.24, 2.45) is 5.92 Å². The molecular weight excluding hydrogens is 184 g/mol. The van der Waals surface area contributed by atoms with Gasteiger partial charge in [-0.2, -0.15) is 0 Å². The van der Waals surface area contributed by atoms with Crippen LogP contribution in [0.15, 0.2) is 34.9 Å². The highest BCUT2D eigenvalue weighted by molar-refractivity contribution is 5.54. The molecule has 3 rings (SSSR count). The van der Waals surface area contributed by atoms with Crippen molar-refractivity contribution in [3.63, 3.8) is 0 Å². The van der Waals surface area contributed by atoms with Crippen LogP contribution >= 0.6 is 0 Å². The van der Waals surface area contributed by atoms with Crippen LogP contribution in [-0.4, -0.2) is 18.2 Å². The molecule has 80 valence electrons. The Kier molecular flexibility index (Phi) is 1.77. The molecule has 0 amide bonds. The van der Waals surface area contributed by atoms with E-state index in [1.165, 1.54) is 11.1 Å². The topological polar surface area (TPSA) is 24.1 Å². The predicted octanol–water partition coefficient (Wildman–Crippen LogP) is 1.73. The van der Waals surface area contributed by atoms with Crippen molar-refractivity contribution in [1.29, 1.82) is 0 Å². The SMILES string of the molecule is CC1=CC=CC2NC3(C)NCC(C)C3=C12. The average molecular weight is 202 g/mol. The molecule has 2 N–H and O–H groups in total. The molecule has 0 aromatic carbocycles. The van der Waals surface area contributed by atoms with E-state index in [4.69, 9.17) is 0 Å². The first kappa shape index (κ1) is 9.37. The van der Waals surface area contributed by atoms with Crippen LogP contribution in [0, 0.1) is 5.92 Å². The first-order chi connectivity index (χ1) is 7.12. The van der Waals surface area contributed by atoms with E-state index in [1.54, 1.807) is 5.57 Å². The highest BCUT2D eigenvalue weighted by atomic mass is 15.2. The van der Waals surface area contributed by atoms with Gasteiger partial charge in [-0.15, -0.1) is 0 Å². The minimum Gasteiger partial charge on any atom is -0.295 e. The maximum atomic E-state index is 3.68. The van der Waals surface area contributed by atoms with E-state index in [-0.39, 0.29) is 5.66 Å². The van der Waals surface area contributed by atoms with Crippen molar-refractivity contribution < 1.29 is 0 Å². The van der Waals surface area contributed by atoms with Crippen molar-refractivity contribution in [3.8, 4) is 0 Å². The van der Waals surface area contributed by atoms with E-state index in [2.05, 4.69) is 49.6 Å². The molecule has 1 saturated heterocycles. The fourth-order valence-corrected chi connectivity index (χ4v) is 3.26. The molecule has 3 aliphatic rings. The molecule has 0 bridgehead atoms. The Hall–Kier alpha value is -0.860. The Balaban J connectivity index is 2.18. The van der Waals surface area contributed by atoms with Gasteiger partial charge in [-0.1, -0.05) is 25.2 Å². The van der Waals surface area contributed by atoms with Gasteiger partial charge in [0.05, 0.1) is 11.7 Å². The van der Waals surface area contributed by atoms with Crippen LogP contribution in [-0.2, 0) is 0 Å². The van der Waals surface area contributed by atoms with Crippen LogP contribution in [0.4, 0.5) is 0 Å². The molecule has 2 heterocycles. The zero-order valence-corrected chi connectivity index (χ0v) is 9.59. The molecule has 3 unspecified atom stereocenters.